The first kappa shape index (κ1) is 13.9. The van der Waals surface area contributed by atoms with Crippen LogP contribution in [0.2, 0.25) is 0 Å². The van der Waals surface area contributed by atoms with Crippen LogP contribution in [0, 0.1) is 0 Å². The molecular weight excluding hydrogens is 256 g/mol. The van der Waals surface area contributed by atoms with Crippen LogP contribution in [0.1, 0.15) is 29.9 Å². The second-order valence-electron chi connectivity index (χ2n) is 4.64. The molecule has 0 aliphatic carbocycles. The van der Waals surface area contributed by atoms with E-state index in [-0.39, 0.29) is 23.8 Å². The van der Waals surface area contributed by atoms with Crippen LogP contribution in [-0.2, 0) is 4.79 Å². The van der Waals surface area contributed by atoms with Crippen LogP contribution in [0.25, 0.3) is 0 Å². The molecule has 1 atom stereocenters. The quantitative estimate of drug-likeness (QED) is 0.731. The maximum Gasteiger partial charge on any atom is 0.303 e. The number of carboxylic acids is 1. The first-order valence-electron chi connectivity index (χ1n) is 6.36. The Labute approximate surface area is 116 Å². The van der Waals surface area contributed by atoms with Crippen molar-refractivity contribution in [1.29, 1.82) is 0 Å². The summed E-state index contributed by atoms with van der Waals surface area (Å²) in [6, 6.07) is 13.7. The molecule has 104 valence electrons. The Hall–Kier alpha value is -2.49. The van der Waals surface area contributed by atoms with Gasteiger partial charge in [0.2, 0.25) is 0 Å². The van der Waals surface area contributed by atoms with E-state index in [1.807, 2.05) is 30.3 Å². The Bertz CT molecular complexity index is 593. The third-order valence-electron chi connectivity index (χ3n) is 3.24. The number of phenols is 2. The summed E-state index contributed by atoms with van der Waals surface area (Å²) in [5.41, 5.74) is 1.45. The molecule has 0 aromatic heterocycles. The van der Waals surface area contributed by atoms with Gasteiger partial charge < -0.3 is 15.3 Å². The number of phenolic OH excluding ortho intramolecular Hbond substituents is 2. The smallest absolute Gasteiger partial charge is 0.303 e. The van der Waals surface area contributed by atoms with Gasteiger partial charge >= 0.3 is 5.97 Å². The lowest BCUT2D eigenvalue weighted by Crippen LogP contribution is -2.05. The second kappa shape index (κ2) is 6.10. The molecule has 2 aromatic rings. The Morgan fingerprint density at radius 3 is 2.40 bits per heavy atom. The standard InChI is InChI=1S/C16H16O4/c17-12-6-8-15(18)14(10-12)13(7-9-16(19)20)11-4-2-1-3-5-11/h1-6,8,10,13,17-18H,7,9H2,(H,19,20). The summed E-state index contributed by atoms with van der Waals surface area (Å²) < 4.78 is 0. The van der Waals surface area contributed by atoms with E-state index in [1.54, 1.807) is 0 Å². The number of carbonyl (C=O) groups is 1. The molecule has 0 spiro atoms. The van der Waals surface area contributed by atoms with Crippen molar-refractivity contribution in [3.05, 3.63) is 59.7 Å². The molecule has 0 fully saturated rings. The highest BCUT2D eigenvalue weighted by atomic mass is 16.4. The van der Waals surface area contributed by atoms with E-state index >= 15 is 0 Å². The molecule has 2 rings (SSSR count). The van der Waals surface area contributed by atoms with Crippen molar-refractivity contribution in [3.8, 4) is 11.5 Å². The second-order valence-corrected chi connectivity index (χ2v) is 4.64. The Morgan fingerprint density at radius 1 is 1.05 bits per heavy atom. The van der Waals surface area contributed by atoms with E-state index in [4.69, 9.17) is 5.11 Å². The first-order chi connectivity index (χ1) is 9.58. The minimum Gasteiger partial charge on any atom is -0.508 e. The molecular formula is C16H16O4. The van der Waals surface area contributed by atoms with E-state index in [0.29, 0.717) is 12.0 Å². The van der Waals surface area contributed by atoms with Crippen molar-refractivity contribution in [2.24, 2.45) is 0 Å². The first-order valence-corrected chi connectivity index (χ1v) is 6.36. The van der Waals surface area contributed by atoms with E-state index in [2.05, 4.69) is 0 Å². The fraction of sp³-hybridized carbons (Fsp3) is 0.188. The van der Waals surface area contributed by atoms with Crippen LogP contribution in [0.3, 0.4) is 0 Å². The van der Waals surface area contributed by atoms with Gasteiger partial charge in [0.1, 0.15) is 11.5 Å². The number of rotatable bonds is 5. The lowest BCUT2D eigenvalue weighted by molar-refractivity contribution is -0.137. The predicted molar refractivity (Wildman–Crippen MR) is 74.9 cm³/mol. The van der Waals surface area contributed by atoms with Gasteiger partial charge in [-0.1, -0.05) is 30.3 Å². The van der Waals surface area contributed by atoms with Crippen LogP contribution in [0.4, 0.5) is 0 Å². The minimum atomic E-state index is -0.884. The summed E-state index contributed by atoms with van der Waals surface area (Å²) in [4.78, 5) is 10.8. The third kappa shape index (κ3) is 3.29. The van der Waals surface area contributed by atoms with Crippen LogP contribution >= 0.6 is 0 Å². The summed E-state index contributed by atoms with van der Waals surface area (Å²) in [5.74, 6) is -1.04. The van der Waals surface area contributed by atoms with Gasteiger partial charge in [0.15, 0.2) is 0 Å². The fourth-order valence-electron chi connectivity index (χ4n) is 2.28. The number of aromatic hydroxyl groups is 2. The molecule has 2 aromatic carbocycles. The monoisotopic (exact) mass is 272 g/mol. The zero-order valence-corrected chi connectivity index (χ0v) is 10.9. The number of carboxylic acid groups (broad SMARTS) is 1. The van der Waals surface area contributed by atoms with Crippen molar-refractivity contribution < 1.29 is 20.1 Å². The van der Waals surface area contributed by atoms with Gasteiger partial charge in [0, 0.05) is 17.9 Å². The van der Waals surface area contributed by atoms with Crippen molar-refractivity contribution in [2.75, 3.05) is 0 Å². The van der Waals surface area contributed by atoms with Crippen LogP contribution < -0.4 is 0 Å². The number of benzene rings is 2. The molecule has 4 heteroatoms. The Balaban J connectivity index is 2.40. The minimum absolute atomic E-state index is 0.00530. The molecule has 20 heavy (non-hydrogen) atoms. The molecule has 0 radical (unpaired) electrons. The van der Waals surface area contributed by atoms with Gasteiger partial charge in [0.05, 0.1) is 0 Å². The lowest BCUT2D eigenvalue weighted by atomic mass is 9.87. The van der Waals surface area contributed by atoms with Gasteiger partial charge in [0.25, 0.3) is 0 Å². The summed E-state index contributed by atoms with van der Waals surface area (Å²) in [7, 11) is 0. The summed E-state index contributed by atoms with van der Waals surface area (Å²) in [5, 5.41) is 28.4. The van der Waals surface area contributed by atoms with Gasteiger partial charge in [-0.3, -0.25) is 4.79 Å². The highest BCUT2D eigenvalue weighted by Gasteiger charge is 2.19. The van der Waals surface area contributed by atoms with Crippen molar-refractivity contribution in [1.82, 2.24) is 0 Å². The summed E-state index contributed by atoms with van der Waals surface area (Å²) in [6.45, 7) is 0. The van der Waals surface area contributed by atoms with Crippen molar-refractivity contribution >= 4 is 5.97 Å². The highest BCUT2D eigenvalue weighted by Crippen LogP contribution is 2.36. The molecule has 0 heterocycles. The average molecular weight is 272 g/mol. The predicted octanol–water partition coefficient (Wildman–Crippen LogP) is 3.09. The largest absolute Gasteiger partial charge is 0.508 e. The topological polar surface area (TPSA) is 77.8 Å². The molecule has 0 aliphatic heterocycles. The summed E-state index contributed by atoms with van der Waals surface area (Å²) >= 11 is 0. The maximum atomic E-state index is 10.8. The van der Waals surface area contributed by atoms with Crippen molar-refractivity contribution in [3.63, 3.8) is 0 Å². The SMILES string of the molecule is O=C(O)CCC(c1ccccc1)c1cc(O)ccc1O. The lowest BCUT2D eigenvalue weighted by Gasteiger charge is -2.18. The van der Waals surface area contributed by atoms with Crippen LogP contribution in [-0.4, -0.2) is 21.3 Å². The Kier molecular flexibility index (Phi) is 4.25. The molecule has 0 amide bonds. The number of aliphatic carboxylic acids is 1. The molecule has 3 N–H and O–H groups in total. The van der Waals surface area contributed by atoms with Gasteiger partial charge in [-0.05, 0) is 30.2 Å². The molecule has 4 nitrogen and oxygen atoms in total. The summed E-state index contributed by atoms with van der Waals surface area (Å²) in [6.07, 6.45) is 0.352. The molecule has 0 bridgehead atoms. The molecule has 1 unspecified atom stereocenters. The molecule has 0 saturated carbocycles. The van der Waals surface area contributed by atoms with Gasteiger partial charge in [-0.15, -0.1) is 0 Å². The van der Waals surface area contributed by atoms with Crippen molar-refractivity contribution in [2.45, 2.75) is 18.8 Å². The zero-order valence-electron chi connectivity index (χ0n) is 10.9. The average Bonchev–Trinajstić information content (AvgIpc) is 2.43. The van der Waals surface area contributed by atoms with Gasteiger partial charge in [-0.25, -0.2) is 0 Å². The van der Waals surface area contributed by atoms with E-state index in [1.165, 1.54) is 18.2 Å². The van der Waals surface area contributed by atoms with E-state index < -0.39 is 5.97 Å². The molecule has 0 saturated heterocycles. The Morgan fingerprint density at radius 2 is 1.75 bits per heavy atom. The highest BCUT2D eigenvalue weighted by molar-refractivity contribution is 5.67. The van der Waals surface area contributed by atoms with Gasteiger partial charge in [-0.2, -0.15) is 0 Å². The third-order valence-corrected chi connectivity index (χ3v) is 3.24. The fourth-order valence-corrected chi connectivity index (χ4v) is 2.28. The van der Waals surface area contributed by atoms with Crippen LogP contribution in [0.15, 0.2) is 48.5 Å². The molecule has 0 aliphatic rings. The van der Waals surface area contributed by atoms with E-state index in [0.717, 1.165) is 5.56 Å². The maximum absolute atomic E-state index is 10.8. The zero-order chi connectivity index (χ0) is 14.5. The van der Waals surface area contributed by atoms with Crippen LogP contribution in [0.5, 0.6) is 11.5 Å². The number of hydrogen-bond donors (Lipinski definition) is 3. The normalized spacial score (nSPS) is 12.0. The number of hydrogen-bond acceptors (Lipinski definition) is 3. The van der Waals surface area contributed by atoms with E-state index in [9.17, 15) is 15.0 Å².